The lowest BCUT2D eigenvalue weighted by Gasteiger charge is -2.32. The maximum absolute atomic E-state index is 4.57. The van der Waals surface area contributed by atoms with Crippen LogP contribution in [0.25, 0.3) is 10.8 Å². The van der Waals surface area contributed by atoms with Crippen LogP contribution in [0.1, 0.15) is 12.8 Å². The molecule has 120 valence electrons. The molecule has 23 heavy (non-hydrogen) atoms. The van der Waals surface area contributed by atoms with Gasteiger partial charge in [-0.15, -0.1) is 0 Å². The van der Waals surface area contributed by atoms with Crippen molar-refractivity contribution in [3.63, 3.8) is 0 Å². The Balaban J connectivity index is 1.59. The fraction of sp³-hybridized carbons (Fsp3) is 0.500. The van der Waals surface area contributed by atoms with Crippen LogP contribution in [0.2, 0.25) is 0 Å². The minimum Gasteiger partial charge on any atom is -0.365 e. The van der Waals surface area contributed by atoms with Gasteiger partial charge in [0.25, 0.3) is 0 Å². The van der Waals surface area contributed by atoms with E-state index in [0.717, 1.165) is 32.8 Å². The summed E-state index contributed by atoms with van der Waals surface area (Å²) in [6.07, 6.45) is 6.54. The van der Waals surface area contributed by atoms with E-state index in [2.05, 4.69) is 43.6 Å². The van der Waals surface area contributed by atoms with Crippen molar-refractivity contribution in [2.75, 3.05) is 42.6 Å². The van der Waals surface area contributed by atoms with E-state index >= 15 is 0 Å². The Kier molecular flexibility index (Phi) is 3.16. The first-order chi connectivity index (χ1) is 11.4. The average Bonchev–Trinajstić information content (AvgIpc) is 3.25. The van der Waals surface area contributed by atoms with Crippen LogP contribution in [0.3, 0.4) is 0 Å². The highest BCUT2D eigenvalue weighted by Gasteiger charge is 2.38. The monoisotopic (exact) mass is 309 g/mol. The zero-order valence-corrected chi connectivity index (χ0v) is 13.3. The lowest BCUT2D eigenvalue weighted by molar-refractivity contribution is 0.553. The van der Waals surface area contributed by atoms with Crippen molar-refractivity contribution >= 4 is 22.1 Å². The molecule has 4 heterocycles. The largest absolute Gasteiger partial charge is 0.365 e. The lowest BCUT2D eigenvalue weighted by Crippen LogP contribution is -2.43. The molecule has 2 aromatic rings. The molecule has 3 aliphatic rings. The fourth-order valence-electron chi connectivity index (χ4n) is 4.42. The second-order valence-electron chi connectivity index (χ2n) is 6.95. The van der Waals surface area contributed by atoms with E-state index in [9.17, 15) is 0 Å². The highest BCUT2D eigenvalue weighted by atomic mass is 15.3. The molecule has 0 spiro atoms. The van der Waals surface area contributed by atoms with Crippen LogP contribution in [0, 0.1) is 0 Å². The van der Waals surface area contributed by atoms with Crippen LogP contribution in [-0.4, -0.2) is 49.9 Å². The molecular formula is C18H23N5. The van der Waals surface area contributed by atoms with Crippen molar-refractivity contribution in [3.8, 4) is 0 Å². The second-order valence-corrected chi connectivity index (χ2v) is 6.95. The maximum atomic E-state index is 4.57. The van der Waals surface area contributed by atoms with E-state index in [0.29, 0.717) is 12.1 Å². The van der Waals surface area contributed by atoms with Gasteiger partial charge >= 0.3 is 0 Å². The minimum atomic E-state index is 0.644. The third kappa shape index (κ3) is 2.18. The van der Waals surface area contributed by atoms with Gasteiger partial charge in [-0.3, -0.25) is 10.3 Å². The van der Waals surface area contributed by atoms with Crippen LogP contribution >= 0.6 is 0 Å². The number of aromatic nitrogens is 1. The number of rotatable bonds is 2. The molecule has 2 N–H and O–H groups in total. The number of hydrogen-bond donors (Lipinski definition) is 2. The van der Waals surface area contributed by atoms with Crippen LogP contribution in [0.5, 0.6) is 0 Å². The summed E-state index contributed by atoms with van der Waals surface area (Å²) < 4.78 is 0. The molecule has 0 saturated carbocycles. The molecule has 0 aliphatic carbocycles. The third-order valence-corrected chi connectivity index (χ3v) is 5.55. The Labute approximate surface area is 136 Å². The smallest absolute Gasteiger partial charge is 0.0682 e. The highest BCUT2D eigenvalue weighted by Crippen LogP contribution is 2.37. The Bertz CT molecular complexity index is 724. The molecule has 2 bridgehead atoms. The van der Waals surface area contributed by atoms with Crippen molar-refractivity contribution in [2.45, 2.75) is 24.9 Å². The predicted molar refractivity (Wildman–Crippen MR) is 94.1 cm³/mol. The van der Waals surface area contributed by atoms with E-state index in [-0.39, 0.29) is 0 Å². The zero-order chi connectivity index (χ0) is 15.2. The summed E-state index contributed by atoms with van der Waals surface area (Å²) in [4.78, 5) is 9.57. The average molecular weight is 309 g/mol. The number of benzene rings is 1. The number of hydrogen-bond acceptors (Lipinski definition) is 5. The van der Waals surface area contributed by atoms with Crippen molar-refractivity contribution in [1.29, 1.82) is 0 Å². The molecule has 3 aliphatic heterocycles. The van der Waals surface area contributed by atoms with Gasteiger partial charge in [-0.2, -0.15) is 0 Å². The van der Waals surface area contributed by atoms with Crippen molar-refractivity contribution in [3.05, 3.63) is 30.6 Å². The molecule has 0 amide bonds. The van der Waals surface area contributed by atoms with Gasteiger partial charge in [0.05, 0.1) is 18.6 Å². The SMILES string of the molecule is c1cc(N2C[C@@H]3C[C@H]2CN3)c2cncc(N3CCCNC3)c2c1. The topological polar surface area (TPSA) is 43.4 Å². The standard InChI is InChI=1S/C18H23N5/c1-3-15-16(9-20-10-18(15)22-6-2-5-19-12-22)17(4-1)23-11-13-7-14(23)8-21-13/h1,3-4,9-10,13-14,19,21H,2,5-8,11-12H2/t13-,14-/m0/s1. The molecule has 5 heteroatoms. The number of nitrogens with zero attached hydrogens (tertiary/aromatic N) is 3. The van der Waals surface area contributed by atoms with E-state index in [4.69, 9.17) is 0 Å². The molecule has 0 radical (unpaired) electrons. The van der Waals surface area contributed by atoms with E-state index in [1.54, 1.807) is 0 Å². The molecule has 5 nitrogen and oxygen atoms in total. The fourth-order valence-corrected chi connectivity index (χ4v) is 4.42. The minimum absolute atomic E-state index is 0.644. The molecule has 3 fully saturated rings. The van der Waals surface area contributed by atoms with E-state index in [1.807, 2.05) is 12.4 Å². The van der Waals surface area contributed by atoms with E-state index in [1.165, 1.54) is 35.0 Å². The van der Waals surface area contributed by atoms with Gasteiger partial charge in [-0.1, -0.05) is 12.1 Å². The first-order valence-corrected chi connectivity index (χ1v) is 8.72. The number of nitrogens with one attached hydrogen (secondary N) is 2. The molecule has 0 unspecified atom stereocenters. The quantitative estimate of drug-likeness (QED) is 0.881. The number of anilines is 2. The van der Waals surface area contributed by atoms with Gasteiger partial charge in [0.2, 0.25) is 0 Å². The number of fused-ring (bicyclic) bond motifs is 3. The first kappa shape index (κ1) is 13.6. The van der Waals surface area contributed by atoms with Gasteiger partial charge in [0.15, 0.2) is 0 Å². The highest BCUT2D eigenvalue weighted by molar-refractivity contribution is 6.01. The van der Waals surface area contributed by atoms with Gasteiger partial charge < -0.3 is 15.1 Å². The van der Waals surface area contributed by atoms with Crippen LogP contribution in [0.15, 0.2) is 30.6 Å². The van der Waals surface area contributed by atoms with Crippen molar-refractivity contribution in [1.82, 2.24) is 15.6 Å². The Hall–Kier alpha value is -1.85. The summed E-state index contributed by atoms with van der Waals surface area (Å²) >= 11 is 0. The van der Waals surface area contributed by atoms with Gasteiger partial charge in [0.1, 0.15) is 0 Å². The van der Waals surface area contributed by atoms with Gasteiger partial charge in [-0.05, 0) is 25.5 Å². The molecular weight excluding hydrogens is 286 g/mol. The third-order valence-electron chi connectivity index (χ3n) is 5.55. The normalized spacial score (nSPS) is 27.1. The number of piperazine rings is 1. The van der Waals surface area contributed by atoms with Crippen LogP contribution in [-0.2, 0) is 0 Å². The molecule has 1 aromatic carbocycles. The molecule has 2 atom stereocenters. The number of pyridine rings is 1. The molecule has 5 rings (SSSR count). The summed E-state index contributed by atoms with van der Waals surface area (Å²) in [6, 6.07) is 8.03. The van der Waals surface area contributed by atoms with Crippen LogP contribution in [0.4, 0.5) is 11.4 Å². The van der Waals surface area contributed by atoms with Gasteiger partial charge in [0, 0.05) is 54.4 Å². The van der Waals surface area contributed by atoms with E-state index < -0.39 is 0 Å². The van der Waals surface area contributed by atoms with Crippen molar-refractivity contribution < 1.29 is 0 Å². The Morgan fingerprint density at radius 1 is 1.13 bits per heavy atom. The molecule has 3 saturated heterocycles. The summed E-state index contributed by atoms with van der Waals surface area (Å²) in [7, 11) is 0. The van der Waals surface area contributed by atoms with Crippen molar-refractivity contribution in [2.24, 2.45) is 0 Å². The van der Waals surface area contributed by atoms with Crippen LogP contribution < -0.4 is 20.4 Å². The maximum Gasteiger partial charge on any atom is 0.0682 e. The summed E-state index contributed by atoms with van der Waals surface area (Å²) in [5, 5.41) is 9.69. The first-order valence-electron chi connectivity index (χ1n) is 8.72. The second kappa shape index (κ2) is 5.35. The summed E-state index contributed by atoms with van der Waals surface area (Å²) in [6.45, 7) is 5.38. The van der Waals surface area contributed by atoms with Gasteiger partial charge in [-0.25, -0.2) is 0 Å². The Morgan fingerprint density at radius 2 is 2.13 bits per heavy atom. The summed E-state index contributed by atoms with van der Waals surface area (Å²) in [5.41, 5.74) is 2.62. The molecule has 1 aromatic heterocycles. The summed E-state index contributed by atoms with van der Waals surface area (Å²) in [5.74, 6) is 0. The lowest BCUT2D eigenvalue weighted by atomic mass is 10.1. The zero-order valence-electron chi connectivity index (χ0n) is 13.3. The predicted octanol–water partition coefficient (Wildman–Crippen LogP) is 1.54. The Morgan fingerprint density at radius 3 is 2.91 bits per heavy atom.